The Hall–Kier alpha value is -1.34. The Labute approximate surface area is 142 Å². The molecule has 2 aliphatic heterocycles. The summed E-state index contributed by atoms with van der Waals surface area (Å²) in [5.74, 6) is -0.0596. The second-order valence-electron chi connectivity index (χ2n) is 6.63. The molecule has 0 aromatic carbocycles. The number of rotatable bonds is 4. The minimum Gasteiger partial charge on any atom is -0.354 e. The van der Waals surface area contributed by atoms with Gasteiger partial charge in [-0.1, -0.05) is 12.8 Å². The maximum Gasteiger partial charge on any atom is 0.325 e. The van der Waals surface area contributed by atoms with E-state index in [2.05, 4.69) is 16.0 Å². The monoisotopic (exact) mass is 344 g/mol. The van der Waals surface area contributed by atoms with Gasteiger partial charge in [0, 0.05) is 6.54 Å². The lowest BCUT2D eigenvalue weighted by molar-refractivity contribution is -0.134. The molecule has 0 aromatic heterocycles. The molecule has 1 spiro atoms. The molecule has 0 bridgehead atoms. The van der Waals surface area contributed by atoms with Gasteiger partial charge in [-0.3, -0.25) is 14.5 Å². The largest absolute Gasteiger partial charge is 0.354 e. The van der Waals surface area contributed by atoms with Crippen molar-refractivity contribution in [3.63, 3.8) is 0 Å². The third kappa shape index (κ3) is 3.77. The third-order valence-corrected chi connectivity index (χ3v) is 4.99. The van der Waals surface area contributed by atoms with E-state index < -0.39 is 11.6 Å². The van der Waals surface area contributed by atoms with Crippen LogP contribution in [0.25, 0.3) is 0 Å². The fourth-order valence-corrected chi connectivity index (χ4v) is 3.69. The minimum atomic E-state index is -0.731. The first-order chi connectivity index (χ1) is 10.6. The Morgan fingerprint density at radius 3 is 2.65 bits per heavy atom. The van der Waals surface area contributed by atoms with Crippen LogP contribution in [-0.4, -0.2) is 54.5 Å². The number of urea groups is 1. The number of hydrogen-bond donors (Lipinski definition) is 3. The summed E-state index contributed by atoms with van der Waals surface area (Å²) >= 11 is 0. The van der Waals surface area contributed by atoms with E-state index in [0.717, 1.165) is 43.7 Å². The van der Waals surface area contributed by atoms with Crippen LogP contribution in [0.2, 0.25) is 0 Å². The first-order valence-electron chi connectivity index (χ1n) is 8.22. The van der Waals surface area contributed by atoms with Crippen molar-refractivity contribution in [3.05, 3.63) is 0 Å². The molecule has 2 saturated heterocycles. The number of carbonyl (C=O) groups excluding carboxylic acids is 3. The lowest BCUT2D eigenvalue weighted by Gasteiger charge is -2.23. The van der Waals surface area contributed by atoms with Crippen LogP contribution >= 0.6 is 12.4 Å². The van der Waals surface area contributed by atoms with Crippen molar-refractivity contribution in [2.24, 2.45) is 5.92 Å². The van der Waals surface area contributed by atoms with Crippen LogP contribution in [0.1, 0.15) is 38.5 Å². The van der Waals surface area contributed by atoms with E-state index in [1.807, 2.05) is 0 Å². The number of imide groups is 1. The van der Waals surface area contributed by atoms with E-state index >= 15 is 0 Å². The number of nitrogens with one attached hydrogen (secondary N) is 3. The molecule has 23 heavy (non-hydrogen) atoms. The van der Waals surface area contributed by atoms with Crippen LogP contribution in [0.5, 0.6) is 0 Å². The summed E-state index contributed by atoms with van der Waals surface area (Å²) in [6.07, 6.45) is 5.48. The SMILES string of the molecule is Cl.O=C(CN1C(=O)NC2(CCCC2)C1=O)NCC1CCCNC1. The Bertz CT molecular complexity index is 473. The van der Waals surface area contributed by atoms with E-state index in [-0.39, 0.29) is 30.8 Å². The van der Waals surface area contributed by atoms with Gasteiger partial charge in [-0.15, -0.1) is 12.4 Å². The van der Waals surface area contributed by atoms with E-state index in [9.17, 15) is 14.4 Å². The number of piperidine rings is 1. The van der Waals surface area contributed by atoms with Gasteiger partial charge >= 0.3 is 6.03 Å². The van der Waals surface area contributed by atoms with Crippen LogP contribution in [0.3, 0.4) is 0 Å². The lowest BCUT2D eigenvalue weighted by atomic mass is 9.98. The Balaban J connectivity index is 0.00000192. The number of hydrogen-bond acceptors (Lipinski definition) is 4. The molecule has 2 heterocycles. The molecule has 1 unspecified atom stereocenters. The topological polar surface area (TPSA) is 90.5 Å². The van der Waals surface area contributed by atoms with Gasteiger partial charge in [-0.2, -0.15) is 0 Å². The van der Waals surface area contributed by atoms with Gasteiger partial charge in [-0.25, -0.2) is 4.79 Å². The molecule has 4 amide bonds. The summed E-state index contributed by atoms with van der Waals surface area (Å²) < 4.78 is 0. The molecular formula is C15H25ClN4O3. The average Bonchev–Trinajstić information content (AvgIpc) is 3.08. The highest BCUT2D eigenvalue weighted by Crippen LogP contribution is 2.34. The summed E-state index contributed by atoms with van der Waals surface area (Å²) in [5, 5.41) is 8.93. The van der Waals surface area contributed by atoms with Crippen molar-refractivity contribution >= 4 is 30.3 Å². The van der Waals surface area contributed by atoms with Crippen molar-refractivity contribution in [1.29, 1.82) is 0 Å². The number of halogens is 1. The van der Waals surface area contributed by atoms with Gasteiger partial charge in [0.25, 0.3) is 5.91 Å². The molecule has 8 heteroatoms. The maximum atomic E-state index is 12.4. The smallest absolute Gasteiger partial charge is 0.325 e. The predicted molar refractivity (Wildman–Crippen MR) is 87.3 cm³/mol. The van der Waals surface area contributed by atoms with Crippen LogP contribution in [-0.2, 0) is 9.59 Å². The predicted octanol–water partition coefficient (Wildman–Crippen LogP) is 0.389. The van der Waals surface area contributed by atoms with Gasteiger partial charge in [-0.05, 0) is 44.7 Å². The molecule has 130 valence electrons. The number of amides is 4. The Morgan fingerprint density at radius 1 is 1.26 bits per heavy atom. The summed E-state index contributed by atoms with van der Waals surface area (Å²) in [5.41, 5.74) is -0.731. The fraction of sp³-hybridized carbons (Fsp3) is 0.800. The van der Waals surface area contributed by atoms with Crippen molar-refractivity contribution in [2.75, 3.05) is 26.2 Å². The highest BCUT2D eigenvalue weighted by atomic mass is 35.5. The normalized spacial score (nSPS) is 26.1. The van der Waals surface area contributed by atoms with E-state index in [1.54, 1.807) is 0 Å². The van der Waals surface area contributed by atoms with Gasteiger partial charge < -0.3 is 16.0 Å². The zero-order valence-corrected chi connectivity index (χ0v) is 14.0. The lowest BCUT2D eigenvalue weighted by Crippen LogP contribution is -2.46. The molecule has 0 radical (unpaired) electrons. The quantitative estimate of drug-likeness (QED) is 0.643. The molecule has 3 rings (SSSR count). The second-order valence-corrected chi connectivity index (χ2v) is 6.63. The standard InChI is InChI=1S/C15H24N4O3.ClH/c20-12(17-9-11-4-3-7-16-8-11)10-19-13(21)15(18-14(19)22)5-1-2-6-15;/h11,16H,1-10H2,(H,17,20)(H,18,22);1H. The molecule has 1 saturated carbocycles. The van der Waals surface area contributed by atoms with Gasteiger partial charge in [0.2, 0.25) is 5.91 Å². The highest BCUT2D eigenvalue weighted by Gasteiger charge is 2.52. The zero-order valence-electron chi connectivity index (χ0n) is 13.2. The van der Waals surface area contributed by atoms with Crippen LogP contribution in [0, 0.1) is 5.92 Å². The van der Waals surface area contributed by atoms with Crippen LogP contribution in [0.15, 0.2) is 0 Å². The van der Waals surface area contributed by atoms with Crippen molar-refractivity contribution in [2.45, 2.75) is 44.1 Å². The first-order valence-corrected chi connectivity index (χ1v) is 8.22. The van der Waals surface area contributed by atoms with E-state index in [1.165, 1.54) is 0 Å². The summed E-state index contributed by atoms with van der Waals surface area (Å²) in [6.45, 7) is 2.37. The maximum absolute atomic E-state index is 12.4. The van der Waals surface area contributed by atoms with Gasteiger partial charge in [0.05, 0.1) is 0 Å². The molecule has 3 aliphatic rings. The van der Waals surface area contributed by atoms with Crippen molar-refractivity contribution in [3.8, 4) is 0 Å². The molecule has 0 aromatic rings. The molecule has 3 N–H and O–H groups in total. The first kappa shape index (κ1) is 18.0. The summed E-state index contributed by atoms with van der Waals surface area (Å²) in [6, 6.07) is -0.429. The molecule has 1 aliphatic carbocycles. The van der Waals surface area contributed by atoms with Crippen molar-refractivity contribution in [1.82, 2.24) is 20.9 Å². The van der Waals surface area contributed by atoms with Gasteiger partial charge in [0.1, 0.15) is 12.1 Å². The minimum absolute atomic E-state index is 0. The van der Waals surface area contributed by atoms with E-state index in [0.29, 0.717) is 25.3 Å². The third-order valence-electron chi connectivity index (χ3n) is 4.99. The summed E-state index contributed by atoms with van der Waals surface area (Å²) in [7, 11) is 0. The number of nitrogens with zero attached hydrogens (tertiary/aromatic N) is 1. The van der Waals surface area contributed by atoms with E-state index in [4.69, 9.17) is 0 Å². The van der Waals surface area contributed by atoms with Crippen LogP contribution in [0.4, 0.5) is 4.79 Å². The Morgan fingerprint density at radius 2 is 2.00 bits per heavy atom. The Kier molecular flexibility index (Phi) is 5.86. The molecule has 1 atom stereocenters. The fourth-order valence-electron chi connectivity index (χ4n) is 3.69. The van der Waals surface area contributed by atoms with Crippen molar-refractivity contribution < 1.29 is 14.4 Å². The molecule has 7 nitrogen and oxygen atoms in total. The van der Waals surface area contributed by atoms with Gasteiger partial charge in [0.15, 0.2) is 0 Å². The second kappa shape index (κ2) is 7.49. The highest BCUT2D eigenvalue weighted by molar-refractivity contribution is 6.09. The molecule has 3 fully saturated rings. The van der Waals surface area contributed by atoms with Crippen LogP contribution < -0.4 is 16.0 Å². The summed E-state index contributed by atoms with van der Waals surface area (Å²) in [4.78, 5) is 37.5. The average molecular weight is 345 g/mol. The zero-order chi connectivity index (χ0) is 15.6. The number of carbonyl (C=O) groups is 3. The molecular weight excluding hydrogens is 320 g/mol.